The molecule has 0 aromatic rings. The lowest BCUT2D eigenvalue weighted by Crippen LogP contribution is -2.12. The highest BCUT2D eigenvalue weighted by atomic mass is 32.2. The fraction of sp³-hybridized carbons (Fsp3) is 0.600. The van der Waals surface area contributed by atoms with Gasteiger partial charge in [0, 0.05) is 5.75 Å². The monoisotopic (exact) mass is 230 g/mol. The highest BCUT2D eigenvalue weighted by Gasteiger charge is 2.28. The zero-order chi connectivity index (χ0) is 11.3. The summed E-state index contributed by atoms with van der Waals surface area (Å²) >= 11 is 1.36. The van der Waals surface area contributed by atoms with Crippen molar-refractivity contribution in [2.45, 2.75) is 20.3 Å². The van der Waals surface area contributed by atoms with Gasteiger partial charge in [0.25, 0.3) is 0 Å². The molecule has 1 heterocycles. The second-order valence-electron chi connectivity index (χ2n) is 2.85. The molecule has 0 bridgehead atoms. The van der Waals surface area contributed by atoms with Gasteiger partial charge in [-0.15, -0.1) is 11.8 Å². The van der Waals surface area contributed by atoms with Gasteiger partial charge in [-0.2, -0.15) is 0 Å². The van der Waals surface area contributed by atoms with E-state index < -0.39 is 11.9 Å². The van der Waals surface area contributed by atoms with E-state index in [0.717, 1.165) is 5.75 Å². The van der Waals surface area contributed by atoms with Gasteiger partial charge in [-0.3, -0.25) is 0 Å². The largest absolute Gasteiger partial charge is 0.463 e. The maximum absolute atomic E-state index is 11.5. The number of rotatable bonds is 4. The second kappa shape index (κ2) is 5.80. The molecule has 0 N–H and O–H groups in total. The predicted molar refractivity (Wildman–Crippen MR) is 57.4 cm³/mol. The van der Waals surface area contributed by atoms with Gasteiger partial charge in [-0.25, -0.2) is 9.59 Å². The van der Waals surface area contributed by atoms with Crippen molar-refractivity contribution in [2.75, 3.05) is 19.0 Å². The number of esters is 2. The Bertz CT molecular complexity index is 268. The van der Waals surface area contributed by atoms with Crippen LogP contribution in [0.5, 0.6) is 0 Å². The lowest BCUT2D eigenvalue weighted by atomic mass is 10.2. The van der Waals surface area contributed by atoms with Gasteiger partial charge >= 0.3 is 11.9 Å². The minimum absolute atomic E-state index is 0.318. The fourth-order valence-electron chi connectivity index (χ4n) is 1.25. The normalized spacial score (nSPS) is 15.3. The molecule has 0 saturated heterocycles. The minimum atomic E-state index is -0.414. The Labute approximate surface area is 93.0 Å². The summed E-state index contributed by atoms with van der Waals surface area (Å²) < 4.78 is 9.73. The fourth-order valence-corrected chi connectivity index (χ4v) is 2.29. The van der Waals surface area contributed by atoms with E-state index in [4.69, 9.17) is 9.47 Å². The first-order valence-electron chi connectivity index (χ1n) is 4.90. The Hall–Kier alpha value is -0.970. The van der Waals surface area contributed by atoms with Crippen LogP contribution < -0.4 is 0 Å². The SMILES string of the molecule is CCOC(=O)C1=C(C(=O)OCC)SCC1. The standard InChI is InChI=1S/C10H14O4S/c1-3-13-9(11)7-5-6-15-8(7)10(12)14-4-2/h3-6H2,1-2H3. The molecule has 15 heavy (non-hydrogen) atoms. The molecule has 0 aromatic carbocycles. The molecule has 0 aromatic heterocycles. The summed E-state index contributed by atoms with van der Waals surface area (Å²) in [5.41, 5.74) is 0.459. The van der Waals surface area contributed by atoms with Crippen LogP contribution in [0.1, 0.15) is 20.3 Å². The van der Waals surface area contributed by atoms with E-state index in [2.05, 4.69) is 0 Å². The second-order valence-corrected chi connectivity index (χ2v) is 3.95. The first kappa shape index (κ1) is 12.1. The summed E-state index contributed by atoms with van der Waals surface area (Å²) in [5, 5.41) is 0. The van der Waals surface area contributed by atoms with Gasteiger partial charge in [0.15, 0.2) is 0 Å². The van der Waals surface area contributed by atoms with Crippen LogP contribution in [0.15, 0.2) is 10.5 Å². The number of thioether (sulfide) groups is 1. The molecule has 0 spiro atoms. The minimum Gasteiger partial charge on any atom is -0.463 e. The molecule has 1 rings (SSSR count). The van der Waals surface area contributed by atoms with Gasteiger partial charge in [0.2, 0.25) is 0 Å². The Kier molecular flexibility index (Phi) is 4.68. The van der Waals surface area contributed by atoms with Crippen LogP contribution in [0.4, 0.5) is 0 Å². The van der Waals surface area contributed by atoms with Crippen LogP contribution >= 0.6 is 11.8 Å². The molecule has 84 valence electrons. The van der Waals surface area contributed by atoms with Crippen molar-refractivity contribution in [3.05, 3.63) is 10.5 Å². The van der Waals surface area contributed by atoms with Gasteiger partial charge in [0.1, 0.15) is 4.91 Å². The van der Waals surface area contributed by atoms with Crippen LogP contribution in [-0.2, 0) is 19.1 Å². The quantitative estimate of drug-likeness (QED) is 0.685. The lowest BCUT2D eigenvalue weighted by molar-refractivity contribution is -0.141. The van der Waals surface area contributed by atoms with Crippen molar-refractivity contribution in [1.82, 2.24) is 0 Å². The van der Waals surface area contributed by atoms with Crippen LogP contribution in [0.3, 0.4) is 0 Å². The Morgan fingerprint density at radius 1 is 1.20 bits per heavy atom. The molecule has 0 radical (unpaired) electrons. The van der Waals surface area contributed by atoms with E-state index in [1.165, 1.54) is 11.8 Å². The molecule has 5 heteroatoms. The van der Waals surface area contributed by atoms with Crippen molar-refractivity contribution in [3.63, 3.8) is 0 Å². The molecular weight excluding hydrogens is 216 g/mol. The van der Waals surface area contributed by atoms with Gasteiger partial charge < -0.3 is 9.47 Å². The average Bonchev–Trinajstić information content (AvgIpc) is 2.66. The summed E-state index contributed by atoms with van der Waals surface area (Å²) in [5.74, 6) is -0.0731. The highest BCUT2D eigenvalue weighted by Crippen LogP contribution is 2.32. The zero-order valence-electron chi connectivity index (χ0n) is 8.87. The number of ether oxygens (including phenoxy) is 2. The number of hydrogen-bond donors (Lipinski definition) is 0. The van der Waals surface area contributed by atoms with Crippen LogP contribution in [0.25, 0.3) is 0 Å². The zero-order valence-corrected chi connectivity index (χ0v) is 9.69. The third kappa shape index (κ3) is 2.99. The van der Waals surface area contributed by atoms with Gasteiger partial charge in [0.05, 0.1) is 18.8 Å². The molecule has 0 unspecified atom stereocenters. The lowest BCUT2D eigenvalue weighted by Gasteiger charge is -2.05. The number of carbonyl (C=O) groups excluding carboxylic acids is 2. The van der Waals surface area contributed by atoms with Crippen molar-refractivity contribution in [1.29, 1.82) is 0 Å². The van der Waals surface area contributed by atoms with Crippen LogP contribution in [-0.4, -0.2) is 30.9 Å². The van der Waals surface area contributed by atoms with E-state index in [1.807, 2.05) is 0 Å². The van der Waals surface area contributed by atoms with E-state index in [0.29, 0.717) is 30.1 Å². The number of hydrogen-bond acceptors (Lipinski definition) is 5. The predicted octanol–water partition coefficient (Wildman–Crippen LogP) is 1.50. The molecule has 4 nitrogen and oxygen atoms in total. The summed E-state index contributed by atoms with van der Waals surface area (Å²) in [7, 11) is 0. The van der Waals surface area contributed by atoms with Gasteiger partial charge in [-0.1, -0.05) is 0 Å². The van der Waals surface area contributed by atoms with Crippen molar-refractivity contribution in [2.24, 2.45) is 0 Å². The summed E-state index contributed by atoms with van der Waals surface area (Å²) in [6.07, 6.45) is 0.581. The Morgan fingerprint density at radius 3 is 2.40 bits per heavy atom. The van der Waals surface area contributed by atoms with E-state index in [1.54, 1.807) is 13.8 Å². The van der Waals surface area contributed by atoms with E-state index in [-0.39, 0.29) is 0 Å². The highest BCUT2D eigenvalue weighted by molar-refractivity contribution is 8.04. The van der Waals surface area contributed by atoms with Crippen molar-refractivity contribution >= 4 is 23.7 Å². The first-order valence-corrected chi connectivity index (χ1v) is 5.89. The Balaban J connectivity index is 2.77. The van der Waals surface area contributed by atoms with Crippen LogP contribution in [0, 0.1) is 0 Å². The summed E-state index contributed by atoms with van der Waals surface area (Å²) in [6, 6.07) is 0. The van der Waals surface area contributed by atoms with Crippen molar-refractivity contribution in [3.8, 4) is 0 Å². The van der Waals surface area contributed by atoms with E-state index in [9.17, 15) is 9.59 Å². The Morgan fingerprint density at radius 2 is 1.80 bits per heavy atom. The topological polar surface area (TPSA) is 52.6 Å². The molecular formula is C10H14O4S. The third-order valence-corrected chi connectivity index (χ3v) is 2.97. The van der Waals surface area contributed by atoms with Crippen LogP contribution in [0.2, 0.25) is 0 Å². The molecule has 0 atom stereocenters. The third-order valence-electron chi connectivity index (χ3n) is 1.86. The van der Waals surface area contributed by atoms with Crippen molar-refractivity contribution < 1.29 is 19.1 Å². The average molecular weight is 230 g/mol. The maximum Gasteiger partial charge on any atom is 0.345 e. The summed E-state index contributed by atoms with van der Waals surface area (Å²) in [4.78, 5) is 23.3. The van der Waals surface area contributed by atoms with E-state index >= 15 is 0 Å². The molecule has 0 aliphatic carbocycles. The molecule has 0 amide bonds. The molecule has 1 aliphatic rings. The first-order chi connectivity index (χ1) is 7.20. The summed E-state index contributed by atoms with van der Waals surface area (Å²) in [6.45, 7) is 4.12. The smallest absolute Gasteiger partial charge is 0.345 e. The number of carbonyl (C=O) groups is 2. The molecule has 0 saturated carbocycles. The maximum atomic E-state index is 11.5. The van der Waals surface area contributed by atoms with Gasteiger partial charge in [-0.05, 0) is 20.3 Å². The molecule has 0 fully saturated rings. The molecule has 1 aliphatic heterocycles.